The average Bonchev–Trinajstić information content (AvgIpc) is 2.92. The van der Waals surface area contributed by atoms with Gasteiger partial charge in [-0.2, -0.15) is 0 Å². The predicted octanol–water partition coefficient (Wildman–Crippen LogP) is 0.694. The van der Waals surface area contributed by atoms with Crippen molar-refractivity contribution in [1.29, 1.82) is 0 Å². The van der Waals surface area contributed by atoms with Crippen LogP contribution in [0.1, 0.15) is 5.56 Å². The van der Waals surface area contributed by atoms with Gasteiger partial charge in [-0.05, 0) is 28.1 Å². The Balaban J connectivity index is 1.77. The number of carbonyl (C=O) groups excluding carboxylic acids is 1. The molecule has 1 heterocycles. The Morgan fingerprint density at radius 3 is 2.86 bits per heavy atom. The number of thioether (sulfide) groups is 1. The van der Waals surface area contributed by atoms with Gasteiger partial charge in [0.25, 0.3) is 0 Å². The molecule has 0 saturated carbocycles. The maximum absolute atomic E-state index is 11.8. The lowest BCUT2D eigenvalue weighted by Crippen LogP contribution is -2.24. The molecule has 0 radical (unpaired) electrons. The van der Waals surface area contributed by atoms with Crippen LogP contribution in [-0.4, -0.2) is 38.4 Å². The number of carbonyl (C=O) groups is 1. The molecule has 0 aliphatic rings. The minimum Gasteiger partial charge on any atom is -0.351 e. The molecule has 0 saturated heterocycles. The van der Waals surface area contributed by atoms with Crippen LogP contribution in [-0.2, 0) is 17.9 Å². The van der Waals surface area contributed by atoms with Crippen molar-refractivity contribution in [3.05, 3.63) is 34.9 Å². The zero-order valence-corrected chi connectivity index (χ0v) is 12.8. The van der Waals surface area contributed by atoms with E-state index in [0.717, 1.165) is 5.56 Å². The molecule has 0 aliphatic carbocycles. The van der Waals surface area contributed by atoms with Gasteiger partial charge in [-0.15, -0.1) is 5.10 Å². The summed E-state index contributed by atoms with van der Waals surface area (Å²) in [6.45, 7) is 1.44. The number of nitrogens with two attached hydrogens (primary N) is 1. The van der Waals surface area contributed by atoms with Gasteiger partial charge in [-0.1, -0.05) is 35.5 Å². The van der Waals surface area contributed by atoms with Crippen molar-refractivity contribution >= 4 is 29.3 Å². The Bertz CT molecular complexity index is 588. The number of hydrogen-bond donors (Lipinski definition) is 2. The first-order chi connectivity index (χ1) is 10.2. The standard InChI is InChI=1S/C12H15ClN6OS/c13-10-3-1-9(2-4-10)7-15-11(20)8-21-12-16-17-18-19(12)6-5-14/h1-4H,5-8,14H2,(H,15,20). The maximum Gasteiger partial charge on any atom is 0.230 e. The number of hydrogen-bond acceptors (Lipinski definition) is 6. The molecule has 7 nitrogen and oxygen atoms in total. The molecule has 1 amide bonds. The predicted molar refractivity (Wildman–Crippen MR) is 80.9 cm³/mol. The number of halogens is 1. The van der Waals surface area contributed by atoms with Crippen molar-refractivity contribution in [3.63, 3.8) is 0 Å². The van der Waals surface area contributed by atoms with E-state index in [9.17, 15) is 4.79 Å². The highest BCUT2D eigenvalue weighted by Gasteiger charge is 2.09. The van der Waals surface area contributed by atoms with Gasteiger partial charge in [0.1, 0.15) is 0 Å². The van der Waals surface area contributed by atoms with Gasteiger partial charge in [0.2, 0.25) is 11.1 Å². The molecule has 9 heteroatoms. The molecular formula is C12H15ClN6OS. The second-order valence-corrected chi connectivity index (χ2v) is 5.54. The summed E-state index contributed by atoms with van der Waals surface area (Å²) < 4.78 is 1.58. The van der Waals surface area contributed by atoms with E-state index >= 15 is 0 Å². The van der Waals surface area contributed by atoms with Gasteiger partial charge in [-0.25, -0.2) is 4.68 Å². The third-order valence-electron chi connectivity index (χ3n) is 2.58. The summed E-state index contributed by atoms with van der Waals surface area (Å²) in [6, 6.07) is 7.33. The Labute approximate surface area is 131 Å². The first kappa shape index (κ1) is 15.7. The van der Waals surface area contributed by atoms with Crippen LogP contribution in [0.15, 0.2) is 29.4 Å². The minimum absolute atomic E-state index is 0.0859. The van der Waals surface area contributed by atoms with Crippen molar-refractivity contribution < 1.29 is 4.79 Å². The van der Waals surface area contributed by atoms with E-state index in [4.69, 9.17) is 17.3 Å². The zero-order valence-electron chi connectivity index (χ0n) is 11.2. The number of aromatic nitrogens is 4. The van der Waals surface area contributed by atoms with Crippen LogP contribution in [0.4, 0.5) is 0 Å². The highest BCUT2D eigenvalue weighted by Crippen LogP contribution is 2.13. The largest absolute Gasteiger partial charge is 0.351 e. The Hall–Kier alpha value is -1.64. The van der Waals surface area contributed by atoms with Gasteiger partial charge >= 0.3 is 0 Å². The molecule has 3 N–H and O–H groups in total. The fourth-order valence-electron chi connectivity index (χ4n) is 1.55. The minimum atomic E-state index is -0.0859. The molecule has 2 aromatic rings. The third-order valence-corrected chi connectivity index (χ3v) is 3.78. The van der Waals surface area contributed by atoms with Gasteiger partial charge < -0.3 is 11.1 Å². The second-order valence-electron chi connectivity index (χ2n) is 4.17. The SMILES string of the molecule is NCCn1nnnc1SCC(=O)NCc1ccc(Cl)cc1. The number of rotatable bonds is 7. The van der Waals surface area contributed by atoms with Crippen molar-refractivity contribution in [2.24, 2.45) is 5.73 Å². The highest BCUT2D eigenvalue weighted by molar-refractivity contribution is 7.99. The van der Waals surface area contributed by atoms with E-state index in [2.05, 4.69) is 20.8 Å². The molecule has 21 heavy (non-hydrogen) atoms. The molecule has 112 valence electrons. The van der Waals surface area contributed by atoms with Gasteiger partial charge in [-0.3, -0.25) is 4.79 Å². The van der Waals surface area contributed by atoms with E-state index in [1.807, 2.05) is 12.1 Å². The lowest BCUT2D eigenvalue weighted by molar-refractivity contribution is -0.118. The third kappa shape index (κ3) is 5.00. The molecule has 0 spiro atoms. The van der Waals surface area contributed by atoms with Crippen molar-refractivity contribution in [3.8, 4) is 0 Å². The maximum atomic E-state index is 11.8. The molecular weight excluding hydrogens is 312 g/mol. The molecule has 0 bridgehead atoms. The molecule has 0 atom stereocenters. The summed E-state index contributed by atoms with van der Waals surface area (Å²) in [6.07, 6.45) is 0. The van der Waals surface area contributed by atoms with E-state index in [1.54, 1.807) is 16.8 Å². The van der Waals surface area contributed by atoms with Crippen LogP contribution in [0.25, 0.3) is 0 Å². The quantitative estimate of drug-likeness (QED) is 0.726. The first-order valence-corrected chi connectivity index (χ1v) is 7.65. The monoisotopic (exact) mass is 326 g/mol. The van der Waals surface area contributed by atoms with Gasteiger partial charge in [0, 0.05) is 18.1 Å². The van der Waals surface area contributed by atoms with Crippen LogP contribution >= 0.6 is 23.4 Å². The van der Waals surface area contributed by atoms with E-state index < -0.39 is 0 Å². The van der Waals surface area contributed by atoms with Crippen LogP contribution in [0.5, 0.6) is 0 Å². The van der Waals surface area contributed by atoms with Crippen molar-refractivity contribution in [1.82, 2.24) is 25.5 Å². The summed E-state index contributed by atoms with van der Waals surface area (Å²) >= 11 is 7.08. The van der Waals surface area contributed by atoms with E-state index in [1.165, 1.54) is 11.8 Å². The summed E-state index contributed by atoms with van der Waals surface area (Å²) in [5.74, 6) is 0.163. The van der Waals surface area contributed by atoms with Crippen LogP contribution in [0.3, 0.4) is 0 Å². The molecule has 0 aliphatic heterocycles. The topological polar surface area (TPSA) is 98.7 Å². The molecule has 2 rings (SSSR count). The zero-order chi connectivity index (χ0) is 15.1. The summed E-state index contributed by atoms with van der Waals surface area (Å²) in [5.41, 5.74) is 6.44. The number of benzene rings is 1. The summed E-state index contributed by atoms with van der Waals surface area (Å²) in [5, 5.41) is 15.3. The second kappa shape index (κ2) is 7.96. The van der Waals surface area contributed by atoms with Gasteiger partial charge in [0.05, 0.1) is 12.3 Å². The molecule has 1 aromatic heterocycles. The fraction of sp³-hybridized carbons (Fsp3) is 0.333. The van der Waals surface area contributed by atoms with E-state index in [0.29, 0.717) is 29.8 Å². The Morgan fingerprint density at radius 1 is 1.38 bits per heavy atom. The molecule has 1 aromatic carbocycles. The normalized spacial score (nSPS) is 10.6. The first-order valence-electron chi connectivity index (χ1n) is 6.29. The van der Waals surface area contributed by atoms with E-state index in [-0.39, 0.29) is 11.7 Å². The molecule has 0 unspecified atom stereocenters. The number of nitrogens with one attached hydrogen (secondary N) is 1. The van der Waals surface area contributed by atoms with Crippen molar-refractivity contribution in [2.45, 2.75) is 18.2 Å². The number of amides is 1. The highest BCUT2D eigenvalue weighted by atomic mass is 35.5. The Kier molecular flexibility index (Phi) is 5.97. The summed E-state index contributed by atoms with van der Waals surface area (Å²) in [4.78, 5) is 11.8. The number of nitrogens with zero attached hydrogens (tertiary/aromatic N) is 4. The molecule has 0 fully saturated rings. The van der Waals surface area contributed by atoms with Crippen LogP contribution in [0.2, 0.25) is 5.02 Å². The lowest BCUT2D eigenvalue weighted by Gasteiger charge is -2.05. The number of tetrazole rings is 1. The summed E-state index contributed by atoms with van der Waals surface area (Å²) in [7, 11) is 0. The average molecular weight is 327 g/mol. The fourth-order valence-corrected chi connectivity index (χ4v) is 2.41. The smallest absolute Gasteiger partial charge is 0.230 e. The van der Waals surface area contributed by atoms with Crippen molar-refractivity contribution in [2.75, 3.05) is 12.3 Å². The van der Waals surface area contributed by atoms with Crippen LogP contribution in [0, 0.1) is 0 Å². The lowest BCUT2D eigenvalue weighted by atomic mass is 10.2. The Morgan fingerprint density at radius 2 is 2.14 bits per heavy atom. The van der Waals surface area contributed by atoms with Gasteiger partial charge in [0.15, 0.2) is 0 Å². The van der Waals surface area contributed by atoms with Crippen LogP contribution < -0.4 is 11.1 Å².